The Morgan fingerprint density at radius 3 is 1.55 bits per heavy atom. The molecule has 0 rings (SSSR count). The van der Waals surface area contributed by atoms with Gasteiger partial charge in [0.25, 0.3) is 7.82 Å². The molecule has 0 saturated carbocycles. The number of allylic oxidation sites excluding steroid dienone is 7. The molecule has 2 atom stereocenters. The van der Waals surface area contributed by atoms with E-state index in [4.69, 9.17) is 18.5 Å². The van der Waals surface area contributed by atoms with Gasteiger partial charge in [-0.3, -0.25) is 9.36 Å². The van der Waals surface area contributed by atoms with Gasteiger partial charge in [-0.25, -0.2) is 0 Å². The van der Waals surface area contributed by atoms with E-state index in [2.05, 4.69) is 50.3 Å². The van der Waals surface area contributed by atoms with Gasteiger partial charge in [-0.1, -0.05) is 140 Å². The average Bonchev–Trinajstić information content (AvgIpc) is 3.14. The zero-order chi connectivity index (χ0) is 40.6. The first-order valence-corrected chi connectivity index (χ1v) is 23.9. The molecule has 0 aliphatic carbocycles. The summed E-state index contributed by atoms with van der Waals surface area (Å²) in [7, 11) is 1.35. The molecule has 0 spiro atoms. The number of likely N-dealkylation sites (N-methyl/N-ethyl adjacent to an activating group) is 1. The van der Waals surface area contributed by atoms with Crippen LogP contribution in [0.4, 0.5) is 0 Å². The Morgan fingerprint density at radius 2 is 1.02 bits per heavy atom. The summed E-state index contributed by atoms with van der Waals surface area (Å²) in [6.45, 7) is 4.66. The summed E-state index contributed by atoms with van der Waals surface area (Å²) in [5.41, 5.74) is 0. The molecule has 9 heteroatoms. The molecule has 0 N–H and O–H groups in total. The van der Waals surface area contributed by atoms with E-state index in [1.165, 1.54) is 109 Å². The molecule has 0 aromatic carbocycles. The van der Waals surface area contributed by atoms with Crippen LogP contribution in [0, 0.1) is 0 Å². The van der Waals surface area contributed by atoms with E-state index in [9.17, 15) is 14.3 Å². The molecule has 55 heavy (non-hydrogen) atoms. The highest BCUT2D eigenvalue weighted by Crippen LogP contribution is 2.38. The number of nitrogens with zero attached hydrogens (tertiary/aromatic N) is 1. The molecule has 0 aromatic rings. The number of phosphoric ester groups is 1. The van der Waals surface area contributed by atoms with Crippen molar-refractivity contribution in [3.63, 3.8) is 0 Å². The van der Waals surface area contributed by atoms with E-state index in [1.54, 1.807) is 6.26 Å². The molecule has 0 bridgehead atoms. The molecular weight excluding hydrogens is 709 g/mol. The van der Waals surface area contributed by atoms with Crippen LogP contribution in [0.15, 0.2) is 48.8 Å². The van der Waals surface area contributed by atoms with Crippen molar-refractivity contribution in [3.8, 4) is 0 Å². The number of ether oxygens (including phenoxy) is 2. The minimum absolute atomic E-state index is 0.0227. The third-order valence-corrected chi connectivity index (χ3v) is 10.4. The van der Waals surface area contributed by atoms with Crippen molar-refractivity contribution < 1.29 is 37.3 Å². The van der Waals surface area contributed by atoms with E-state index in [1.807, 2.05) is 27.2 Å². The molecule has 2 unspecified atom stereocenters. The normalized spacial score (nSPS) is 14.1. The van der Waals surface area contributed by atoms with Crippen LogP contribution in [0.2, 0.25) is 0 Å². The highest BCUT2D eigenvalue weighted by molar-refractivity contribution is 7.45. The second kappa shape index (κ2) is 39.1. The summed E-state index contributed by atoms with van der Waals surface area (Å²) in [6, 6.07) is 0. The Hall–Kier alpha value is -1.70. The summed E-state index contributed by atoms with van der Waals surface area (Å²) in [5.74, 6) is -0.304. The number of carbonyl (C=O) groups excluding carboxylic acids is 1. The van der Waals surface area contributed by atoms with Gasteiger partial charge < -0.3 is 27.9 Å². The van der Waals surface area contributed by atoms with Gasteiger partial charge >= 0.3 is 5.97 Å². The molecule has 0 fully saturated rings. The van der Waals surface area contributed by atoms with Gasteiger partial charge in [0, 0.05) is 6.42 Å². The maximum atomic E-state index is 12.5. The molecule has 0 heterocycles. The van der Waals surface area contributed by atoms with Crippen molar-refractivity contribution in [1.29, 1.82) is 0 Å². The van der Waals surface area contributed by atoms with Gasteiger partial charge in [0.05, 0.1) is 34.0 Å². The number of hydrogen-bond acceptors (Lipinski definition) is 7. The average molecular weight is 796 g/mol. The maximum absolute atomic E-state index is 12.5. The van der Waals surface area contributed by atoms with Gasteiger partial charge in [-0.2, -0.15) is 0 Å². The molecule has 8 nitrogen and oxygen atoms in total. The largest absolute Gasteiger partial charge is 0.756 e. The predicted molar refractivity (Wildman–Crippen MR) is 231 cm³/mol. The lowest BCUT2D eigenvalue weighted by Gasteiger charge is -2.28. The van der Waals surface area contributed by atoms with Crippen molar-refractivity contribution in [3.05, 3.63) is 48.8 Å². The van der Waals surface area contributed by atoms with Crippen molar-refractivity contribution >= 4 is 13.8 Å². The van der Waals surface area contributed by atoms with Crippen molar-refractivity contribution in [1.82, 2.24) is 0 Å². The van der Waals surface area contributed by atoms with Crippen molar-refractivity contribution in [2.75, 3.05) is 47.5 Å². The van der Waals surface area contributed by atoms with Crippen LogP contribution in [0.5, 0.6) is 0 Å². The van der Waals surface area contributed by atoms with Crippen LogP contribution >= 0.6 is 7.82 Å². The van der Waals surface area contributed by atoms with Gasteiger partial charge in [0.2, 0.25) is 0 Å². The fourth-order valence-electron chi connectivity index (χ4n) is 5.85. The fourth-order valence-corrected chi connectivity index (χ4v) is 6.58. The smallest absolute Gasteiger partial charge is 0.305 e. The number of quaternary nitrogens is 1. The number of phosphoric acid groups is 1. The number of esters is 1. The minimum Gasteiger partial charge on any atom is -0.756 e. The van der Waals surface area contributed by atoms with Gasteiger partial charge in [-0.15, -0.1) is 0 Å². The topological polar surface area (TPSA) is 94.1 Å². The quantitative estimate of drug-likeness (QED) is 0.0152. The second-order valence-corrected chi connectivity index (χ2v) is 17.5. The SMILES string of the molecule is CCCCC/C=C\C/C=C\CCCCCCCCCC(=O)OCC(COP(=O)([O-])OCC[N+](C)(C)C)O/C=C\CCCCCC/C=C\CCCCCCCC. The summed E-state index contributed by atoms with van der Waals surface area (Å²) < 4.78 is 34.4. The first-order valence-electron chi connectivity index (χ1n) is 22.4. The van der Waals surface area contributed by atoms with Crippen molar-refractivity contribution in [2.45, 2.75) is 193 Å². The lowest BCUT2D eigenvalue weighted by atomic mass is 10.1. The van der Waals surface area contributed by atoms with E-state index in [0.29, 0.717) is 17.4 Å². The van der Waals surface area contributed by atoms with Crippen LogP contribution in [0.1, 0.15) is 187 Å². The van der Waals surface area contributed by atoms with Gasteiger partial charge in [-0.05, 0) is 83.1 Å². The van der Waals surface area contributed by atoms with Crippen LogP contribution in [-0.2, 0) is 27.9 Å². The number of carbonyl (C=O) groups is 1. The number of hydrogen-bond donors (Lipinski definition) is 0. The van der Waals surface area contributed by atoms with Crippen LogP contribution in [0.25, 0.3) is 0 Å². The molecule has 0 saturated heterocycles. The molecule has 0 aromatic heterocycles. The Morgan fingerprint density at radius 1 is 0.582 bits per heavy atom. The second-order valence-electron chi connectivity index (χ2n) is 16.1. The van der Waals surface area contributed by atoms with Gasteiger partial charge in [0.1, 0.15) is 19.8 Å². The van der Waals surface area contributed by atoms with Crippen LogP contribution in [-0.4, -0.2) is 64.1 Å². The van der Waals surface area contributed by atoms with E-state index >= 15 is 0 Å². The maximum Gasteiger partial charge on any atom is 0.305 e. The Kier molecular flexibility index (Phi) is 37.9. The van der Waals surface area contributed by atoms with E-state index in [-0.39, 0.29) is 25.8 Å². The first-order chi connectivity index (χ1) is 26.6. The van der Waals surface area contributed by atoms with E-state index < -0.39 is 13.9 Å². The lowest BCUT2D eigenvalue weighted by Crippen LogP contribution is -2.37. The third-order valence-electron chi connectivity index (χ3n) is 9.44. The summed E-state index contributed by atoms with van der Waals surface area (Å²) >= 11 is 0. The van der Waals surface area contributed by atoms with E-state index in [0.717, 1.165) is 57.8 Å². The zero-order valence-electron chi connectivity index (χ0n) is 36.4. The van der Waals surface area contributed by atoms with Crippen LogP contribution < -0.4 is 4.89 Å². The first kappa shape index (κ1) is 53.3. The third kappa shape index (κ3) is 43.3. The van der Waals surface area contributed by atoms with Crippen LogP contribution in [0.3, 0.4) is 0 Å². The standard InChI is InChI=1S/C46H86NO7P/c1-6-8-10-12-14-16-18-20-22-24-25-27-29-31-33-35-37-39-46(48)52-43-45(44-54-55(49,50)53-42-40-47(3,4)5)51-41-38-36-34-32-30-28-26-23-21-19-17-15-13-11-9-7-2/h14,16,20-23,38,41,45H,6-13,15,17-19,24-37,39-40,42-44H2,1-5H3/b16-14-,22-20-,23-21-,41-38-. The molecule has 322 valence electrons. The number of rotatable bonds is 41. The summed E-state index contributed by atoms with van der Waals surface area (Å²) in [4.78, 5) is 24.8. The fraction of sp³-hybridized carbons (Fsp3) is 0.804. The lowest BCUT2D eigenvalue weighted by molar-refractivity contribution is -0.870. The van der Waals surface area contributed by atoms with Crippen molar-refractivity contribution in [2.24, 2.45) is 0 Å². The molecule has 0 radical (unpaired) electrons. The monoisotopic (exact) mass is 796 g/mol. The highest BCUT2D eigenvalue weighted by Gasteiger charge is 2.19. The summed E-state index contributed by atoms with van der Waals surface area (Å²) in [6.07, 6.45) is 47.9. The molecule has 0 aliphatic heterocycles. The van der Waals surface area contributed by atoms with Gasteiger partial charge in [0.15, 0.2) is 6.10 Å². The Bertz CT molecular complexity index is 1020. The summed E-state index contributed by atoms with van der Waals surface area (Å²) in [5, 5.41) is 0. The Labute approximate surface area is 339 Å². The zero-order valence-corrected chi connectivity index (χ0v) is 37.3. The molecule has 0 aliphatic rings. The Balaban J connectivity index is 4.30. The number of unbranched alkanes of at least 4 members (excludes halogenated alkanes) is 21. The predicted octanol–water partition coefficient (Wildman–Crippen LogP) is 12.9. The highest BCUT2D eigenvalue weighted by atomic mass is 31.2. The minimum atomic E-state index is -4.52. The molecular formula is C46H86NO7P. The molecule has 0 amide bonds.